The Kier molecular flexibility index (Phi) is 4.31. The van der Waals surface area contributed by atoms with Crippen LogP contribution < -0.4 is 5.73 Å². The molecule has 1 aromatic heterocycles. The summed E-state index contributed by atoms with van der Waals surface area (Å²) in [7, 11) is 0. The Bertz CT molecular complexity index is 498. The Morgan fingerprint density at radius 1 is 1.24 bits per heavy atom. The van der Waals surface area contributed by atoms with Crippen molar-refractivity contribution < 1.29 is 4.39 Å². The van der Waals surface area contributed by atoms with Crippen molar-refractivity contribution in [2.45, 2.75) is 18.9 Å². The van der Waals surface area contributed by atoms with Crippen LogP contribution in [0.2, 0.25) is 0 Å². The van der Waals surface area contributed by atoms with Crippen molar-refractivity contribution in [3.63, 3.8) is 0 Å². The van der Waals surface area contributed by atoms with Crippen molar-refractivity contribution in [2.24, 2.45) is 5.73 Å². The summed E-state index contributed by atoms with van der Waals surface area (Å²) in [6.07, 6.45) is 1.34. The molecule has 17 heavy (non-hydrogen) atoms. The van der Waals surface area contributed by atoms with Crippen LogP contribution in [-0.2, 0) is 12.8 Å². The van der Waals surface area contributed by atoms with Gasteiger partial charge in [-0.05, 0) is 51.8 Å². The molecule has 2 rings (SSSR count). The summed E-state index contributed by atoms with van der Waals surface area (Å²) in [6, 6.07) is 8.76. The van der Waals surface area contributed by atoms with E-state index in [1.165, 1.54) is 10.9 Å². The highest BCUT2D eigenvalue weighted by molar-refractivity contribution is 9.10. The molecule has 0 radical (unpaired) electrons. The van der Waals surface area contributed by atoms with Gasteiger partial charge in [-0.3, -0.25) is 0 Å². The fraction of sp³-hybridized carbons (Fsp3) is 0.231. The molecular formula is C13H13BrFNS. The zero-order valence-electron chi connectivity index (χ0n) is 9.20. The molecule has 0 saturated carbocycles. The molecule has 1 heterocycles. The Labute approximate surface area is 113 Å². The molecule has 0 spiro atoms. The molecule has 2 aromatic rings. The number of hydrogen-bond acceptors (Lipinski definition) is 2. The summed E-state index contributed by atoms with van der Waals surface area (Å²) in [6.45, 7) is 0. The first-order valence-corrected chi connectivity index (χ1v) is 7.05. The van der Waals surface area contributed by atoms with Crippen LogP contribution in [0.1, 0.15) is 10.4 Å². The number of halogens is 2. The van der Waals surface area contributed by atoms with Crippen molar-refractivity contribution in [3.05, 3.63) is 56.4 Å². The van der Waals surface area contributed by atoms with Crippen molar-refractivity contribution >= 4 is 27.3 Å². The molecule has 1 aromatic carbocycles. The third-order valence-electron chi connectivity index (χ3n) is 2.58. The number of hydrogen-bond donors (Lipinski definition) is 1. The largest absolute Gasteiger partial charge is 0.327 e. The van der Waals surface area contributed by atoms with E-state index >= 15 is 0 Å². The van der Waals surface area contributed by atoms with Crippen LogP contribution in [0.5, 0.6) is 0 Å². The van der Waals surface area contributed by atoms with Crippen LogP contribution in [-0.4, -0.2) is 6.04 Å². The fourth-order valence-electron chi connectivity index (χ4n) is 1.73. The van der Waals surface area contributed by atoms with Gasteiger partial charge < -0.3 is 5.73 Å². The van der Waals surface area contributed by atoms with Gasteiger partial charge in [-0.2, -0.15) is 0 Å². The van der Waals surface area contributed by atoms with Crippen LogP contribution in [0, 0.1) is 5.82 Å². The van der Waals surface area contributed by atoms with Crippen LogP contribution >= 0.6 is 27.3 Å². The molecule has 0 fully saturated rings. The average Bonchev–Trinajstić information content (AvgIpc) is 2.68. The molecule has 1 unspecified atom stereocenters. The molecule has 2 N–H and O–H groups in total. The lowest BCUT2D eigenvalue weighted by Gasteiger charge is -2.11. The molecule has 0 amide bonds. The highest BCUT2D eigenvalue weighted by Crippen LogP contribution is 2.24. The van der Waals surface area contributed by atoms with Gasteiger partial charge in [-0.25, -0.2) is 4.39 Å². The minimum atomic E-state index is -0.173. The smallest absolute Gasteiger partial charge is 0.126 e. The van der Waals surface area contributed by atoms with Gasteiger partial charge in [0.05, 0.1) is 0 Å². The lowest BCUT2D eigenvalue weighted by molar-refractivity contribution is 0.585. The minimum absolute atomic E-state index is 0.0538. The van der Waals surface area contributed by atoms with E-state index < -0.39 is 0 Å². The Morgan fingerprint density at radius 3 is 2.65 bits per heavy atom. The summed E-state index contributed by atoms with van der Waals surface area (Å²) < 4.78 is 14.5. The third-order valence-corrected chi connectivity index (χ3v) is 4.53. The zero-order valence-corrected chi connectivity index (χ0v) is 11.6. The van der Waals surface area contributed by atoms with E-state index in [-0.39, 0.29) is 11.9 Å². The SMILES string of the molecule is NC(Cc1ccccc1F)Cc1sccc1Br. The van der Waals surface area contributed by atoms with E-state index in [1.54, 1.807) is 23.5 Å². The second kappa shape index (κ2) is 5.76. The van der Waals surface area contributed by atoms with Gasteiger partial charge in [0.1, 0.15) is 5.82 Å². The standard InChI is InChI=1S/C13H13BrFNS/c14-11-5-6-17-13(11)8-10(16)7-9-3-1-2-4-12(9)15/h1-6,10H,7-8,16H2. The van der Waals surface area contributed by atoms with Crippen molar-refractivity contribution in [1.29, 1.82) is 0 Å². The van der Waals surface area contributed by atoms with E-state index in [9.17, 15) is 4.39 Å². The summed E-state index contributed by atoms with van der Waals surface area (Å²) in [5.41, 5.74) is 6.74. The quantitative estimate of drug-likeness (QED) is 0.913. The number of benzene rings is 1. The molecule has 0 bridgehead atoms. The van der Waals surface area contributed by atoms with Crippen LogP contribution in [0.25, 0.3) is 0 Å². The maximum Gasteiger partial charge on any atom is 0.126 e. The molecule has 0 aliphatic heterocycles. The number of rotatable bonds is 4. The van der Waals surface area contributed by atoms with Crippen molar-refractivity contribution in [1.82, 2.24) is 0 Å². The van der Waals surface area contributed by atoms with Crippen LogP contribution in [0.3, 0.4) is 0 Å². The molecule has 1 nitrogen and oxygen atoms in total. The summed E-state index contributed by atoms with van der Waals surface area (Å²) in [5, 5.41) is 2.02. The van der Waals surface area contributed by atoms with Crippen LogP contribution in [0.4, 0.5) is 4.39 Å². The summed E-state index contributed by atoms with van der Waals surface area (Å²) in [5.74, 6) is -0.173. The van der Waals surface area contributed by atoms with Gasteiger partial charge in [-0.15, -0.1) is 11.3 Å². The Morgan fingerprint density at radius 2 is 2.00 bits per heavy atom. The summed E-state index contributed by atoms with van der Waals surface area (Å²) in [4.78, 5) is 1.22. The molecule has 0 aliphatic rings. The fourth-order valence-corrected chi connectivity index (χ4v) is 3.34. The van der Waals surface area contributed by atoms with Gasteiger partial charge in [0.15, 0.2) is 0 Å². The second-order valence-electron chi connectivity index (χ2n) is 3.95. The monoisotopic (exact) mass is 313 g/mol. The third kappa shape index (κ3) is 3.37. The van der Waals surface area contributed by atoms with Gasteiger partial charge in [-0.1, -0.05) is 18.2 Å². The average molecular weight is 314 g/mol. The molecular weight excluding hydrogens is 301 g/mol. The lowest BCUT2D eigenvalue weighted by Crippen LogP contribution is -2.25. The number of nitrogens with two attached hydrogens (primary N) is 1. The van der Waals surface area contributed by atoms with Gasteiger partial charge in [0.2, 0.25) is 0 Å². The molecule has 90 valence electrons. The first kappa shape index (κ1) is 12.7. The van der Waals surface area contributed by atoms with Crippen molar-refractivity contribution in [2.75, 3.05) is 0 Å². The van der Waals surface area contributed by atoms with Crippen molar-refractivity contribution in [3.8, 4) is 0 Å². The predicted molar refractivity (Wildman–Crippen MR) is 73.8 cm³/mol. The molecule has 0 aliphatic carbocycles. The van der Waals surface area contributed by atoms with E-state index in [0.29, 0.717) is 12.0 Å². The highest BCUT2D eigenvalue weighted by atomic mass is 79.9. The maximum absolute atomic E-state index is 13.4. The first-order chi connectivity index (χ1) is 8.16. The Balaban J connectivity index is 2.01. The normalized spacial score (nSPS) is 12.6. The second-order valence-corrected chi connectivity index (χ2v) is 5.81. The van der Waals surface area contributed by atoms with Crippen LogP contribution in [0.15, 0.2) is 40.2 Å². The zero-order chi connectivity index (χ0) is 12.3. The summed E-state index contributed by atoms with van der Waals surface area (Å²) >= 11 is 5.15. The topological polar surface area (TPSA) is 26.0 Å². The Hall–Kier alpha value is -0.710. The van der Waals surface area contributed by atoms with E-state index in [2.05, 4.69) is 15.9 Å². The molecule has 1 atom stereocenters. The van der Waals surface area contributed by atoms with Gasteiger partial charge in [0.25, 0.3) is 0 Å². The molecule has 0 saturated heterocycles. The van der Waals surface area contributed by atoms with E-state index in [0.717, 1.165) is 10.9 Å². The highest BCUT2D eigenvalue weighted by Gasteiger charge is 2.11. The first-order valence-electron chi connectivity index (χ1n) is 5.37. The predicted octanol–water partition coefficient (Wildman–Crippen LogP) is 3.76. The van der Waals surface area contributed by atoms with Gasteiger partial charge >= 0.3 is 0 Å². The van der Waals surface area contributed by atoms with E-state index in [4.69, 9.17) is 5.73 Å². The minimum Gasteiger partial charge on any atom is -0.327 e. The lowest BCUT2D eigenvalue weighted by atomic mass is 10.0. The maximum atomic E-state index is 13.4. The molecule has 4 heteroatoms. The van der Waals surface area contributed by atoms with Gasteiger partial charge in [0, 0.05) is 15.4 Å². The van der Waals surface area contributed by atoms with E-state index in [1.807, 2.05) is 17.5 Å². The number of thiophene rings is 1.